The molecule has 116 valence electrons. The summed E-state index contributed by atoms with van der Waals surface area (Å²) < 4.78 is 0. The molecule has 7 heteroatoms. The Balaban J connectivity index is 2.04. The van der Waals surface area contributed by atoms with E-state index in [1.807, 2.05) is 0 Å². The zero-order valence-electron chi connectivity index (χ0n) is 12.6. The monoisotopic (exact) mass is 319 g/mol. The number of nitrogens with zero attached hydrogens (tertiary/aromatic N) is 3. The highest BCUT2D eigenvalue weighted by molar-refractivity contribution is 6.32. The van der Waals surface area contributed by atoms with Crippen molar-refractivity contribution >= 4 is 17.4 Å². The number of anilines is 1. The molecule has 0 amide bonds. The van der Waals surface area contributed by atoms with Gasteiger partial charge in [0.1, 0.15) is 10.8 Å². The second-order valence-electron chi connectivity index (χ2n) is 6.02. The van der Waals surface area contributed by atoms with Gasteiger partial charge in [-0.1, -0.05) is 11.6 Å². The Hall–Kier alpha value is -1.92. The smallest absolute Gasteiger partial charge is 0.272 e. The lowest BCUT2D eigenvalue weighted by atomic mass is 10.0. The van der Waals surface area contributed by atoms with Crippen LogP contribution in [0, 0.1) is 0 Å². The molecule has 1 aliphatic rings. The number of hydrogen-bond donors (Lipinski definition) is 2. The number of aromatic amines is 1. The molecule has 0 atom stereocenters. The number of rotatable bonds is 2. The summed E-state index contributed by atoms with van der Waals surface area (Å²) in [6, 6.07) is 3.61. The van der Waals surface area contributed by atoms with Crippen LogP contribution in [0.25, 0.3) is 11.4 Å². The second kappa shape index (κ2) is 5.70. The van der Waals surface area contributed by atoms with E-state index in [-0.39, 0.29) is 16.1 Å². The van der Waals surface area contributed by atoms with Crippen molar-refractivity contribution < 1.29 is 0 Å². The topological polar surface area (TPSA) is 73.9 Å². The minimum Gasteiger partial charge on any atom is -0.352 e. The van der Waals surface area contributed by atoms with Crippen molar-refractivity contribution in [2.75, 3.05) is 24.5 Å². The Bertz CT molecular complexity index is 728. The Kier molecular flexibility index (Phi) is 3.88. The van der Waals surface area contributed by atoms with Crippen molar-refractivity contribution in [3.8, 4) is 11.4 Å². The first-order valence-electron chi connectivity index (χ1n) is 7.16. The minimum atomic E-state index is -0.324. The zero-order valence-corrected chi connectivity index (χ0v) is 13.3. The van der Waals surface area contributed by atoms with Crippen molar-refractivity contribution in [1.29, 1.82) is 0 Å². The first kappa shape index (κ1) is 15.0. The van der Waals surface area contributed by atoms with Gasteiger partial charge in [-0.3, -0.25) is 9.78 Å². The summed E-state index contributed by atoms with van der Waals surface area (Å²) in [5.41, 5.74) is 0.428. The molecule has 22 heavy (non-hydrogen) atoms. The largest absolute Gasteiger partial charge is 0.352 e. The van der Waals surface area contributed by atoms with E-state index in [0.717, 1.165) is 25.2 Å². The third-order valence-corrected chi connectivity index (χ3v) is 4.01. The van der Waals surface area contributed by atoms with Crippen LogP contribution in [-0.2, 0) is 0 Å². The molecule has 2 N–H and O–H groups in total. The molecular formula is C15H18ClN5O. The molecule has 1 fully saturated rings. The highest BCUT2D eigenvalue weighted by atomic mass is 35.5. The normalized spacial score (nSPS) is 17.5. The SMILES string of the molecule is CC1(C)CN(c2nc(-c3ccncc3)[nH]c(=O)c2Cl)CCN1. The number of nitrogens with one attached hydrogen (secondary N) is 2. The Morgan fingerprint density at radius 1 is 1.32 bits per heavy atom. The maximum Gasteiger partial charge on any atom is 0.272 e. The molecule has 0 spiro atoms. The summed E-state index contributed by atoms with van der Waals surface area (Å²) in [6.45, 7) is 6.55. The lowest BCUT2D eigenvalue weighted by Gasteiger charge is -2.39. The Morgan fingerprint density at radius 2 is 2.05 bits per heavy atom. The summed E-state index contributed by atoms with van der Waals surface area (Å²) in [5.74, 6) is 1.04. The molecule has 3 heterocycles. The summed E-state index contributed by atoms with van der Waals surface area (Å²) >= 11 is 6.20. The quantitative estimate of drug-likeness (QED) is 0.881. The predicted octanol–water partition coefficient (Wildman–Crippen LogP) is 1.67. The number of pyridine rings is 1. The van der Waals surface area contributed by atoms with E-state index in [0.29, 0.717) is 11.6 Å². The third kappa shape index (κ3) is 2.98. The van der Waals surface area contributed by atoms with Crippen LogP contribution in [0.2, 0.25) is 5.02 Å². The molecule has 1 aliphatic heterocycles. The fraction of sp³-hybridized carbons (Fsp3) is 0.400. The molecule has 6 nitrogen and oxygen atoms in total. The van der Waals surface area contributed by atoms with E-state index in [1.165, 1.54) is 0 Å². The molecule has 0 unspecified atom stereocenters. The number of piperazine rings is 1. The van der Waals surface area contributed by atoms with Crippen LogP contribution >= 0.6 is 11.6 Å². The van der Waals surface area contributed by atoms with E-state index >= 15 is 0 Å². The van der Waals surface area contributed by atoms with Crippen molar-refractivity contribution in [3.63, 3.8) is 0 Å². The molecule has 3 rings (SSSR count). The Morgan fingerprint density at radius 3 is 2.73 bits per heavy atom. The van der Waals surface area contributed by atoms with Crippen LogP contribution in [0.1, 0.15) is 13.8 Å². The van der Waals surface area contributed by atoms with E-state index in [1.54, 1.807) is 24.5 Å². The molecule has 0 radical (unpaired) electrons. The van der Waals surface area contributed by atoms with Gasteiger partial charge in [0.2, 0.25) is 0 Å². The maximum atomic E-state index is 12.2. The van der Waals surface area contributed by atoms with E-state index in [4.69, 9.17) is 11.6 Å². The molecule has 2 aromatic heterocycles. The summed E-state index contributed by atoms with van der Waals surface area (Å²) in [4.78, 5) is 25.5. The van der Waals surface area contributed by atoms with Gasteiger partial charge >= 0.3 is 0 Å². The summed E-state index contributed by atoms with van der Waals surface area (Å²) in [5, 5.41) is 3.57. The predicted molar refractivity (Wildman–Crippen MR) is 87.4 cm³/mol. The van der Waals surface area contributed by atoms with Crippen molar-refractivity contribution in [2.45, 2.75) is 19.4 Å². The van der Waals surface area contributed by atoms with Crippen LogP contribution in [0.4, 0.5) is 5.82 Å². The fourth-order valence-electron chi connectivity index (χ4n) is 2.63. The van der Waals surface area contributed by atoms with E-state index in [2.05, 4.69) is 39.0 Å². The van der Waals surface area contributed by atoms with Crippen molar-refractivity contribution in [3.05, 3.63) is 39.9 Å². The molecule has 1 saturated heterocycles. The zero-order chi connectivity index (χ0) is 15.7. The average Bonchev–Trinajstić information content (AvgIpc) is 2.49. The first-order chi connectivity index (χ1) is 10.5. The van der Waals surface area contributed by atoms with Crippen LogP contribution < -0.4 is 15.8 Å². The lowest BCUT2D eigenvalue weighted by molar-refractivity contribution is 0.351. The molecule has 0 aliphatic carbocycles. The van der Waals surface area contributed by atoms with Gasteiger partial charge in [0, 0.05) is 43.1 Å². The van der Waals surface area contributed by atoms with Gasteiger partial charge in [0.15, 0.2) is 5.82 Å². The second-order valence-corrected chi connectivity index (χ2v) is 6.40. The third-order valence-electron chi connectivity index (χ3n) is 3.67. The lowest BCUT2D eigenvalue weighted by Crippen LogP contribution is -2.57. The van der Waals surface area contributed by atoms with Crippen molar-refractivity contribution in [1.82, 2.24) is 20.3 Å². The summed E-state index contributed by atoms with van der Waals surface area (Å²) in [6.07, 6.45) is 3.33. The van der Waals surface area contributed by atoms with Crippen LogP contribution in [0.5, 0.6) is 0 Å². The van der Waals surface area contributed by atoms with Crippen molar-refractivity contribution in [2.24, 2.45) is 0 Å². The molecule has 2 aromatic rings. The van der Waals surface area contributed by atoms with Crippen LogP contribution in [0.3, 0.4) is 0 Å². The van der Waals surface area contributed by atoms with Gasteiger partial charge in [-0.2, -0.15) is 0 Å². The first-order valence-corrected chi connectivity index (χ1v) is 7.54. The number of halogens is 1. The molecule has 0 saturated carbocycles. The van der Waals surface area contributed by atoms with E-state index < -0.39 is 0 Å². The Labute approximate surface area is 133 Å². The molecule has 0 aromatic carbocycles. The molecule has 0 bridgehead atoms. The summed E-state index contributed by atoms with van der Waals surface area (Å²) in [7, 11) is 0. The average molecular weight is 320 g/mol. The van der Waals surface area contributed by atoms with Gasteiger partial charge in [0.25, 0.3) is 5.56 Å². The van der Waals surface area contributed by atoms with Crippen LogP contribution in [0.15, 0.2) is 29.3 Å². The van der Waals surface area contributed by atoms with Gasteiger partial charge in [-0.05, 0) is 26.0 Å². The number of hydrogen-bond acceptors (Lipinski definition) is 5. The number of H-pyrrole nitrogens is 1. The van der Waals surface area contributed by atoms with Gasteiger partial charge < -0.3 is 15.2 Å². The van der Waals surface area contributed by atoms with Gasteiger partial charge in [-0.25, -0.2) is 4.98 Å². The number of aromatic nitrogens is 3. The maximum absolute atomic E-state index is 12.2. The van der Waals surface area contributed by atoms with Gasteiger partial charge in [0.05, 0.1) is 0 Å². The minimum absolute atomic E-state index is 0.0529. The fourth-order valence-corrected chi connectivity index (χ4v) is 2.83. The molecular weight excluding hydrogens is 302 g/mol. The van der Waals surface area contributed by atoms with Gasteiger partial charge in [-0.15, -0.1) is 0 Å². The van der Waals surface area contributed by atoms with E-state index in [9.17, 15) is 4.79 Å². The highest BCUT2D eigenvalue weighted by Crippen LogP contribution is 2.25. The highest BCUT2D eigenvalue weighted by Gasteiger charge is 2.28. The standard InChI is InChI=1S/C15H18ClN5O/c1-15(2)9-21(8-7-18-15)13-11(16)14(22)20-12(19-13)10-3-5-17-6-4-10/h3-6,18H,7-9H2,1-2H3,(H,19,20,22). The van der Waals surface area contributed by atoms with Crippen LogP contribution in [-0.4, -0.2) is 40.1 Å².